The zero-order valence-corrected chi connectivity index (χ0v) is 12.6. The van der Waals surface area contributed by atoms with Crippen LogP contribution in [-0.4, -0.2) is 29.6 Å². The lowest BCUT2D eigenvalue weighted by Gasteiger charge is -2.08. The van der Waals surface area contributed by atoms with Gasteiger partial charge in [-0.05, 0) is 38.8 Å². The van der Waals surface area contributed by atoms with Gasteiger partial charge in [0.05, 0.1) is 11.3 Å². The highest BCUT2D eigenvalue weighted by Gasteiger charge is 2.11. The Morgan fingerprint density at radius 1 is 1.38 bits per heavy atom. The zero-order valence-electron chi connectivity index (χ0n) is 12.6. The number of hydrogen-bond acceptors (Lipinski definition) is 5. The van der Waals surface area contributed by atoms with Crippen molar-refractivity contribution >= 4 is 11.7 Å². The summed E-state index contributed by atoms with van der Waals surface area (Å²) in [6.07, 6.45) is 3.33. The van der Waals surface area contributed by atoms with E-state index in [9.17, 15) is 4.79 Å². The standard InChI is InChI=1S/C15H20N4O2/c1-10-12(11(2)21-19-10)6-4-9-18-15(20)13-7-5-8-17-14(13)16-3/h5,7-8H,4,6,9H2,1-3H3,(H,16,17)(H,18,20). The molecule has 2 rings (SSSR count). The van der Waals surface area contributed by atoms with Crippen LogP contribution >= 0.6 is 0 Å². The van der Waals surface area contributed by atoms with E-state index in [1.165, 1.54) is 0 Å². The fourth-order valence-electron chi connectivity index (χ4n) is 2.21. The van der Waals surface area contributed by atoms with E-state index >= 15 is 0 Å². The molecule has 0 fully saturated rings. The van der Waals surface area contributed by atoms with Crippen molar-refractivity contribution < 1.29 is 9.32 Å². The molecule has 112 valence electrons. The molecule has 6 nitrogen and oxygen atoms in total. The minimum Gasteiger partial charge on any atom is -0.372 e. The lowest BCUT2D eigenvalue weighted by molar-refractivity contribution is 0.0953. The predicted octanol–water partition coefficient (Wildman–Crippen LogP) is 2.09. The second kappa shape index (κ2) is 6.88. The molecule has 2 heterocycles. The Morgan fingerprint density at radius 3 is 2.86 bits per heavy atom. The number of carbonyl (C=O) groups is 1. The van der Waals surface area contributed by atoms with E-state index in [0.717, 1.165) is 29.9 Å². The van der Waals surface area contributed by atoms with E-state index in [1.807, 2.05) is 13.8 Å². The Kier molecular flexibility index (Phi) is 4.92. The minimum atomic E-state index is -0.119. The molecule has 0 bridgehead atoms. The van der Waals surface area contributed by atoms with Crippen LogP contribution in [0.4, 0.5) is 5.82 Å². The van der Waals surface area contributed by atoms with E-state index in [4.69, 9.17) is 4.52 Å². The van der Waals surface area contributed by atoms with Crippen molar-refractivity contribution in [3.05, 3.63) is 40.9 Å². The molecule has 0 aliphatic heterocycles. The topological polar surface area (TPSA) is 80.0 Å². The second-order valence-corrected chi connectivity index (χ2v) is 4.81. The second-order valence-electron chi connectivity index (χ2n) is 4.81. The van der Waals surface area contributed by atoms with Crippen LogP contribution in [-0.2, 0) is 6.42 Å². The Morgan fingerprint density at radius 2 is 2.19 bits per heavy atom. The first kappa shape index (κ1) is 15.0. The molecule has 2 N–H and O–H groups in total. The maximum atomic E-state index is 12.1. The predicted molar refractivity (Wildman–Crippen MR) is 80.4 cm³/mol. The molecule has 1 amide bonds. The lowest BCUT2D eigenvalue weighted by atomic mass is 10.1. The molecular formula is C15H20N4O2. The van der Waals surface area contributed by atoms with Crippen LogP contribution < -0.4 is 10.6 Å². The highest BCUT2D eigenvalue weighted by atomic mass is 16.5. The summed E-state index contributed by atoms with van der Waals surface area (Å²) in [6, 6.07) is 3.50. The number of pyridine rings is 1. The van der Waals surface area contributed by atoms with E-state index in [0.29, 0.717) is 17.9 Å². The summed E-state index contributed by atoms with van der Waals surface area (Å²) in [7, 11) is 1.75. The maximum absolute atomic E-state index is 12.1. The van der Waals surface area contributed by atoms with Gasteiger partial charge in [0.15, 0.2) is 0 Å². The summed E-state index contributed by atoms with van der Waals surface area (Å²) in [4.78, 5) is 16.2. The Labute approximate surface area is 123 Å². The fourth-order valence-corrected chi connectivity index (χ4v) is 2.21. The summed E-state index contributed by atoms with van der Waals surface area (Å²) in [5, 5.41) is 9.74. The van der Waals surface area contributed by atoms with Crippen LogP contribution in [0.5, 0.6) is 0 Å². The third kappa shape index (κ3) is 3.59. The van der Waals surface area contributed by atoms with Gasteiger partial charge in [-0.15, -0.1) is 0 Å². The van der Waals surface area contributed by atoms with Crippen LogP contribution in [0.1, 0.15) is 33.8 Å². The monoisotopic (exact) mass is 288 g/mol. The number of aromatic nitrogens is 2. The van der Waals surface area contributed by atoms with E-state index < -0.39 is 0 Å². The van der Waals surface area contributed by atoms with Crippen molar-refractivity contribution in [1.29, 1.82) is 0 Å². The molecule has 0 aromatic carbocycles. The Balaban J connectivity index is 1.85. The first-order chi connectivity index (χ1) is 10.1. The molecule has 2 aromatic heterocycles. The molecule has 0 saturated carbocycles. The van der Waals surface area contributed by atoms with Gasteiger partial charge in [0, 0.05) is 25.4 Å². The molecule has 0 aliphatic carbocycles. The van der Waals surface area contributed by atoms with Crippen LogP contribution in [0.15, 0.2) is 22.9 Å². The average molecular weight is 288 g/mol. The number of carbonyl (C=O) groups excluding carboxylic acids is 1. The number of nitrogens with one attached hydrogen (secondary N) is 2. The molecule has 0 aliphatic rings. The van der Waals surface area contributed by atoms with Crippen LogP contribution in [0.3, 0.4) is 0 Å². The van der Waals surface area contributed by atoms with Gasteiger partial charge in [0.2, 0.25) is 0 Å². The first-order valence-electron chi connectivity index (χ1n) is 6.96. The van der Waals surface area contributed by atoms with Crippen molar-refractivity contribution in [2.45, 2.75) is 26.7 Å². The van der Waals surface area contributed by atoms with Gasteiger partial charge in [-0.1, -0.05) is 5.16 Å². The van der Waals surface area contributed by atoms with Gasteiger partial charge >= 0.3 is 0 Å². The van der Waals surface area contributed by atoms with Gasteiger partial charge in [-0.3, -0.25) is 4.79 Å². The Bertz CT molecular complexity index is 602. The summed E-state index contributed by atoms with van der Waals surface area (Å²) in [5.74, 6) is 1.32. The number of anilines is 1. The van der Waals surface area contributed by atoms with Gasteiger partial charge in [0.25, 0.3) is 5.91 Å². The van der Waals surface area contributed by atoms with E-state index in [1.54, 1.807) is 25.4 Å². The summed E-state index contributed by atoms with van der Waals surface area (Å²) < 4.78 is 5.12. The van der Waals surface area contributed by atoms with E-state index in [2.05, 4.69) is 20.8 Å². The number of amides is 1. The molecule has 0 radical (unpaired) electrons. The van der Waals surface area contributed by atoms with Gasteiger partial charge in [-0.2, -0.15) is 0 Å². The van der Waals surface area contributed by atoms with E-state index in [-0.39, 0.29) is 5.91 Å². The molecule has 0 atom stereocenters. The molecule has 0 unspecified atom stereocenters. The Hall–Kier alpha value is -2.37. The largest absolute Gasteiger partial charge is 0.372 e. The molecule has 21 heavy (non-hydrogen) atoms. The molecule has 6 heteroatoms. The third-order valence-electron chi connectivity index (χ3n) is 3.36. The normalized spacial score (nSPS) is 10.4. The number of rotatable bonds is 6. The summed E-state index contributed by atoms with van der Waals surface area (Å²) >= 11 is 0. The van der Waals surface area contributed by atoms with Crippen molar-refractivity contribution in [2.24, 2.45) is 0 Å². The maximum Gasteiger partial charge on any atom is 0.255 e. The summed E-state index contributed by atoms with van der Waals surface area (Å²) in [6.45, 7) is 4.43. The van der Waals surface area contributed by atoms with Crippen LogP contribution in [0, 0.1) is 13.8 Å². The number of aryl methyl sites for hydroxylation is 2. The van der Waals surface area contributed by atoms with Crippen LogP contribution in [0.25, 0.3) is 0 Å². The molecule has 0 saturated heterocycles. The number of hydrogen-bond donors (Lipinski definition) is 2. The summed E-state index contributed by atoms with van der Waals surface area (Å²) in [5.41, 5.74) is 2.60. The molecular weight excluding hydrogens is 268 g/mol. The average Bonchev–Trinajstić information content (AvgIpc) is 2.82. The SMILES string of the molecule is CNc1ncccc1C(=O)NCCCc1c(C)noc1C. The smallest absolute Gasteiger partial charge is 0.255 e. The molecule has 2 aromatic rings. The van der Waals surface area contributed by atoms with Crippen molar-refractivity contribution in [3.63, 3.8) is 0 Å². The van der Waals surface area contributed by atoms with Gasteiger partial charge < -0.3 is 15.2 Å². The van der Waals surface area contributed by atoms with Crippen LogP contribution in [0.2, 0.25) is 0 Å². The number of nitrogens with zero attached hydrogens (tertiary/aromatic N) is 2. The quantitative estimate of drug-likeness (QED) is 0.796. The first-order valence-corrected chi connectivity index (χ1v) is 6.96. The lowest BCUT2D eigenvalue weighted by Crippen LogP contribution is -2.25. The van der Waals surface area contributed by atoms with Crippen molar-refractivity contribution in [3.8, 4) is 0 Å². The highest BCUT2D eigenvalue weighted by molar-refractivity contribution is 5.98. The van der Waals surface area contributed by atoms with Gasteiger partial charge in [-0.25, -0.2) is 4.98 Å². The zero-order chi connectivity index (χ0) is 15.2. The fraction of sp³-hybridized carbons (Fsp3) is 0.400. The van der Waals surface area contributed by atoms with Crippen molar-refractivity contribution in [2.75, 3.05) is 18.9 Å². The molecule has 0 spiro atoms. The van der Waals surface area contributed by atoms with Crippen molar-refractivity contribution in [1.82, 2.24) is 15.5 Å². The minimum absolute atomic E-state index is 0.119. The third-order valence-corrected chi connectivity index (χ3v) is 3.36. The highest BCUT2D eigenvalue weighted by Crippen LogP contribution is 2.14. The van der Waals surface area contributed by atoms with Gasteiger partial charge in [0.1, 0.15) is 11.6 Å².